The van der Waals surface area contributed by atoms with E-state index in [1.54, 1.807) is 30.0 Å². The summed E-state index contributed by atoms with van der Waals surface area (Å²) in [5, 5.41) is 10.7. The highest BCUT2D eigenvalue weighted by Crippen LogP contribution is 2.30. The molecule has 2 heterocycles. The summed E-state index contributed by atoms with van der Waals surface area (Å²) < 4.78 is 4.97. The van der Waals surface area contributed by atoms with Crippen molar-refractivity contribution >= 4 is 17.7 Å². The summed E-state index contributed by atoms with van der Waals surface area (Å²) in [6, 6.07) is 5.23. The number of pyridine rings is 1. The van der Waals surface area contributed by atoms with Crippen molar-refractivity contribution in [3.8, 4) is 0 Å². The van der Waals surface area contributed by atoms with Crippen LogP contribution in [-0.2, 0) is 4.74 Å². The molecule has 110 valence electrons. The number of ether oxygens (including phenoxy) is 1. The SMILES string of the molecule is CCOC(=O)N1CCC(C(O)c2cccc(Cl)n2)CC1. The van der Waals surface area contributed by atoms with E-state index in [2.05, 4.69) is 4.98 Å². The first-order chi connectivity index (χ1) is 9.61. The van der Waals surface area contributed by atoms with Gasteiger partial charge in [-0.1, -0.05) is 17.7 Å². The van der Waals surface area contributed by atoms with Crippen LogP contribution in [0.1, 0.15) is 31.6 Å². The molecule has 0 spiro atoms. The number of nitrogens with zero attached hydrogens (tertiary/aromatic N) is 2. The smallest absolute Gasteiger partial charge is 0.409 e. The largest absolute Gasteiger partial charge is 0.450 e. The quantitative estimate of drug-likeness (QED) is 0.871. The summed E-state index contributed by atoms with van der Waals surface area (Å²) in [7, 11) is 0. The summed E-state index contributed by atoms with van der Waals surface area (Å²) >= 11 is 5.84. The van der Waals surface area contributed by atoms with Crippen LogP contribution in [0, 0.1) is 5.92 Å². The Labute approximate surface area is 123 Å². The molecular formula is C14H19ClN2O3. The highest BCUT2D eigenvalue weighted by atomic mass is 35.5. The van der Waals surface area contributed by atoms with Crippen LogP contribution < -0.4 is 0 Å². The van der Waals surface area contributed by atoms with Crippen LogP contribution in [0.4, 0.5) is 4.79 Å². The molecular weight excluding hydrogens is 280 g/mol. The Hall–Kier alpha value is -1.33. The van der Waals surface area contributed by atoms with Gasteiger partial charge in [0.15, 0.2) is 0 Å². The van der Waals surface area contributed by atoms with Gasteiger partial charge in [0.2, 0.25) is 0 Å². The zero-order valence-corrected chi connectivity index (χ0v) is 12.2. The van der Waals surface area contributed by atoms with Crippen molar-refractivity contribution in [1.29, 1.82) is 0 Å². The standard InChI is InChI=1S/C14H19ClN2O3/c1-2-20-14(19)17-8-6-10(7-9-17)13(18)11-4-3-5-12(15)16-11/h3-5,10,13,18H,2,6-9H2,1H3. The van der Waals surface area contributed by atoms with Gasteiger partial charge in [0.05, 0.1) is 18.4 Å². The van der Waals surface area contributed by atoms with E-state index in [0.29, 0.717) is 30.5 Å². The first kappa shape index (κ1) is 15.1. The van der Waals surface area contributed by atoms with Gasteiger partial charge in [0, 0.05) is 13.1 Å². The number of rotatable bonds is 3. The third-order valence-electron chi connectivity index (χ3n) is 3.55. The van der Waals surface area contributed by atoms with Crippen LogP contribution >= 0.6 is 11.6 Å². The first-order valence-electron chi connectivity index (χ1n) is 6.84. The summed E-state index contributed by atoms with van der Waals surface area (Å²) in [5.41, 5.74) is 0.590. The van der Waals surface area contributed by atoms with Crippen molar-refractivity contribution in [3.63, 3.8) is 0 Å². The van der Waals surface area contributed by atoms with Crippen molar-refractivity contribution in [2.24, 2.45) is 5.92 Å². The van der Waals surface area contributed by atoms with Gasteiger partial charge in [0.25, 0.3) is 0 Å². The molecule has 1 saturated heterocycles. The molecule has 1 aliphatic rings. The monoisotopic (exact) mass is 298 g/mol. The number of carbonyl (C=O) groups is 1. The predicted molar refractivity (Wildman–Crippen MR) is 75.5 cm³/mol. The van der Waals surface area contributed by atoms with Crippen molar-refractivity contribution in [2.45, 2.75) is 25.9 Å². The number of likely N-dealkylation sites (tertiary alicyclic amines) is 1. The average Bonchev–Trinajstić information content (AvgIpc) is 2.47. The summed E-state index contributed by atoms with van der Waals surface area (Å²) in [5.74, 6) is 0.0895. The number of aromatic nitrogens is 1. The number of piperidine rings is 1. The van der Waals surface area contributed by atoms with Crippen LogP contribution in [0.3, 0.4) is 0 Å². The maximum atomic E-state index is 11.6. The number of aliphatic hydroxyl groups excluding tert-OH is 1. The number of hydrogen-bond donors (Lipinski definition) is 1. The molecule has 6 heteroatoms. The minimum Gasteiger partial charge on any atom is -0.450 e. The Kier molecular flexibility index (Phi) is 5.20. The zero-order valence-electron chi connectivity index (χ0n) is 11.5. The summed E-state index contributed by atoms with van der Waals surface area (Å²) in [4.78, 5) is 17.4. The van der Waals surface area contributed by atoms with Crippen LogP contribution in [-0.4, -0.2) is 40.8 Å². The van der Waals surface area contributed by atoms with Gasteiger partial charge >= 0.3 is 6.09 Å². The molecule has 1 amide bonds. The Morgan fingerprint density at radius 2 is 2.25 bits per heavy atom. The normalized spacial score (nSPS) is 17.9. The average molecular weight is 299 g/mol. The minimum absolute atomic E-state index is 0.0895. The van der Waals surface area contributed by atoms with Crippen LogP contribution in [0.15, 0.2) is 18.2 Å². The predicted octanol–water partition coefficient (Wildman–Crippen LogP) is 2.64. The van der Waals surface area contributed by atoms with E-state index in [1.807, 2.05) is 0 Å². The molecule has 1 fully saturated rings. The highest BCUT2D eigenvalue weighted by Gasteiger charge is 2.29. The molecule has 0 saturated carbocycles. The molecule has 0 radical (unpaired) electrons. The number of amides is 1. The van der Waals surface area contributed by atoms with Gasteiger partial charge in [-0.2, -0.15) is 0 Å². The van der Waals surface area contributed by atoms with E-state index in [-0.39, 0.29) is 12.0 Å². The lowest BCUT2D eigenvalue weighted by atomic mass is 9.89. The zero-order chi connectivity index (χ0) is 14.5. The lowest BCUT2D eigenvalue weighted by molar-refractivity contribution is 0.0465. The molecule has 0 aliphatic carbocycles. The molecule has 20 heavy (non-hydrogen) atoms. The Balaban J connectivity index is 1.92. The van der Waals surface area contributed by atoms with E-state index in [0.717, 1.165) is 12.8 Å². The maximum Gasteiger partial charge on any atom is 0.409 e. The lowest BCUT2D eigenvalue weighted by Gasteiger charge is -2.33. The number of carbonyl (C=O) groups excluding carboxylic acids is 1. The van der Waals surface area contributed by atoms with E-state index in [4.69, 9.17) is 16.3 Å². The number of hydrogen-bond acceptors (Lipinski definition) is 4. The van der Waals surface area contributed by atoms with E-state index < -0.39 is 6.10 Å². The molecule has 2 rings (SSSR count). The van der Waals surface area contributed by atoms with E-state index in [9.17, 15) is 9.90 Å². The number of aliphatic hydroxyl groups is 1. The lowest BCUT2D eigenvalue weighted by Crippen LogP contribution is -2.40. The van der Waals surface area contributed by atoms with Gasteiger partial charge < -0.3 is 14.7 Å². The fraction of sp³-hybridized carbons (Fsp3) is 0.571. The molecule has 1 aliphatic heterocycles. The second-order valence-corrected chi connectivity index (χ2v) is 5.24. The van der Waals surface area contributed by atoms with Crippen LogP contribution in [0.25, 0.3) is 0 Å². The molecule has 1 N–H and O–H groups in total. The molecule has 1 unspecified atom stereocenters. The number of halogens is 1. The fourth-order valence-corrected chi connectivity index (χ4v) is 2.61. The maximum absolute atomic E-state index is 11.6. The van der Waals surface area contributed by atoms with Gasteiger partial charge in [-0.15, -0.1) is 0 Å². The second-order valence-electron chi connectivity index (χ2n) is 4.85. The minimum atomic E-state index is -0.641. The highest BCUT2D eigenvalue weighted by molar-refractivity contribution is 6.29. The van der Waals surface area contributed by atoms with Gasteiger partial charge in [-0.05, 0) is 37.8 Å². The molecule has 1 aromatic rings. The topological polar surface area (TPSA) is 62.7 Å². The first-order valence-corrected chi connectivity index (χ1v) is 7.21. The fourth-order valence-electron chi connectivity index (χ4n) is 2.44. The van der Waals surface area contributed by atoms with Gasteiger partial charge in [0.1, 0.15) is 5.15 Å². The van der Waals surface area contributed by atoms with E-state index >= 15 is 0 Å². The van der Waals surface area contributed by atoms with Crippen LogP contribution in [0.5, 0.6) is 0 Å². The molecule has 5 nitrogen and oxygen atoms in total. The molecule has 1 atom stereocenters. The van der Waals surface area contributed by atoms with Crippen LogP contribution in [0.2, 0.25) is 5.15 Å². The van der Waals surface area contributed by atoms with Gasteiger partial charge in [-0.3, -0.25) is 0 Å². The summed E-state index contributed by atoms with van der Waals surface area (Å²) in [6.07, 6.45) is 0.543. The van der Waals surface area contributed by atoms with Gasteiger partial charge in [-0.25, -0.2) is 9.78 Å². The van der Waals surface area contributed by atoms with E-state index in [1.165, 1.54) is 0 Å². The molecule has 1 aromatic heterocycles. The third kappa shape index (κ3) is 3.61. The molecule has 0 bridgehead atoms. The Bertz CT molecular complexity index is 461. The van der Waals surface area contributed by atoms with Crippen molar-refractivity contribution in [3.05, 3.63) is 29.0 Å². The third-order valence-corrected chi connectivity index (χ3v) is 3.76. The second kappa shape index (κ2) is 6.90. The van der Waals surface area contributed by atoms with Crippen molar-refractivity contribution in [2.75, 3.05) is 19.7 Å². The summed E-state index contributed by atoms with van der Waals surface area (Å²) in [6.45, 7) is 3.37. The Morgan fingerprint density at radius 1 is 1.55 bits per heavy atom. The molecule has 0 aromatic carbocycles. The van der Waals surface area contributed by atoms with Crippen molar-refractivity contribution in [1.82, 2.24) is 9.88 Å². The van der Waals surface area contributed by atoms with Crippen molar-refractivity contribution < 1.29 is 14.6 Å². The Morgan fingerprint density at radius 3 is 2.85 bits per heavy atom.